The lowest BCUT2D eigenvalue weighted by molar-refractivity contribution is 0.251. The van der Waals surface area contributed by atoms with E-state index < -0.39 is 0 Å². The van der Waals surface area contributed by atoms with E-state index in [0.717, 1.165) is 29.7 Å². The fourth-order valence-electron chi connectivity index (χ4n) is 2.25. The Morgan fingerprint density at radius 2 is 2.21 bits per heavy atom. The Morgan fingerprint density at radius 1 is 1.47 bits per heavy atom. The zero-order valence-electron chi connectivity index (χ0n) is 11.5. The molecule has 3 nitrogen and oxygen atoms in total. The quantitative estimate of drug-likeness (QED) is 0.594. The number of amidine groups is 1. The first-order valence-corrected chi connectivity index (χ1v) is 7.36. The molecular weight excluding hydrogens is 258 g/mol. The lowest BCUT2D eigenvalue weighted by Gasteiger charge is -2.22. The van der Waals surface area contributed by atoms with Gasteiger partial charge in [0.2, 0.25) is 0 Å². The highest BCUT2D eigenvalue weighted by Crippen LogP contribution is 2.30. The first-order chi connectivity index (χ1) is 9.11. The molecule has 0 radical (unpaired) electrons. The van der Waals surface area contributed by atoms with Gasteiger partial charge < -0.3 is 5.73 Å². The van der Waals surface area contributed by atoms with Crippen LogP contribution in [0.3, 0.4) is 0 Å². The molecule has 4 heteroatoms. The molecule has 1 saturated carbocycles. The molecule has 3 N–H and O–H groups in total. The molecule has 1 fully saturated rings. The Labute approximate surface area is 120 Å². The van der Waals surface area contributed by atoms with Crippen LogP contribution in [0.4, 0.5) is 0 Å². The van der Waals surface area contributed by atoms with Gasteiger partial charge in [0.15, 0.2) is 0 Å². The summed E-state index contributed by atoms with van der Waals surface area (Å²) in [6.45, 7) is 4.27. The Hall–Kier alpha value is -1.06. The molecule has 1 aliphatic rings. The molecule has 0 bridgehead atoms. The third kappa shape index (κ3) is 3.95. The van der Waals surface area contributed by atoms with Crippen molar-refractivity contribution in [3.8, 4) is 0 Å². The molecule has 19 heavy (non-hydrogen) atoms. The van der Waals surface area contributed by atoms with Gasteiger partial charge in [0.05, 0.1) is 0 Å². The van der Waals surface area contributed by atoms with Crippen LogP contribution in [-0.4, -0.2) is 23.3 Å². The van der Waals surface area contributed by atoms with Crippen LogP contribution >= 0.6 is 11.6 Å². The molecule has 0 aromatic heterocycles. The molecule has 0 unspecified atom stereocenters. The van der Waals surface area contributed by atoms with Crippen molar-refractivity contribution in [1.82, 2.24) is 4.90 Å². The maximum atomic E-state index is 7.42. The zero-order chi connectivity index (χ0) is 13.8. The van der Waals surface area contributed by atoms with Crippen molar-refractivity contribution < 1.29 is 0 Å². The lowest BCUT2D eigenvalue weighted by Crippen LogP contribution is -2.26. The van der Waals surface area contributed by atoms with Gasteiger partial charge in [-0.1, -0.05) is 37.1 Å². The molecule has 2 rings (SSSR count). The van der Waals surface area contributed by atoms with Crippen molar-refractivity contribution in [2.75, 3.05) is 6.54 Å². The predicted octanol–water partition coefficient (Wildman–Crippen LogP) is 3.39. The first-order valence-electron chi connectivity index (χ1n) is 6.98. The van der Waals surface area contributed by atoms with Crippen LogP contribution in [0.2, 0.25) is 5.02 Å². The fraction of sp³-hybridized carbons (Fsp3) is 0.533. The summed E-state index contributed by atoms with van der Waals surface area (Å²) in [5.74, 6) is 0.0680. The summed E-state index contributed by atoms with van der Waals surface area (Å²) >= 11 is 6.30. The van der Waals surface area contributed by atoms with Crippen LogP contribution in [0.15, 0.2) is 18.2 Å². The average molecular weight is 280 g/mol. The van der Waals surface area contributed by atoms with E-state index in [-0.39, 0.29) is 5.84 Å². The van der Waals surface area contributed by atoms with Crippen LogP contribution in [0.1, 0.15) is 43.7 Å². The van der Waals surface area contributed by atoms with E-state index in [2.05, 4.69) is 11.8 Å². The summed E-state index contributed by atoms with van der Waals surface area (Å²) in [4.78, 5) is 2.53. The van der Waals surface area contributed by atoms with Gasteiger partial charge in [-0.3, -0.25) is 10.3 Å². The number of halogens is 1. The minimum Gasteiger partial charge on any atom is -0.384 e. The highest BCUT2D eigenvalue weighted by atomic mass is 35.5. The van der Waals surface area contributed by atoms with Crippen molar-refractivity contribution in [2.45, 2.75) is 45.2 Å². The highest BCUT2D eigenvalue weighted by molar-refractivity contribution is 6.31. The zero-order valence-corrected chi connectivity index (χ0v) is 12.2. The molecule has 104 valence electrons. The maximum absolute atomic E-state index is 7.42. The summed E-state index contributed by atoms with van der Waals surface area (Å²) < 4.78 is 0. The molecule has 0 saturated heterocycles. The van der Waals surface area contributed by atoms with E-state index in [0.29, 0.717) is 5.56 Å². The number of hydrogen-bond acceptors (Lipinski definition) is 2. The minimum atomic E-state index is 0.0680. The highest BCUT2D eigenvalue weighted by Gasteiger charge is 2.28. The Kier molecular flexibility index (Phi) is 4.83. The minimum absolute atomic E-state index is 0.0680. The molecular formula is C15H22ClN3. The van der Waals surface area contributed by atoms with Crippen molar-refractivity contribution in [3.05, 3.63) is 34.3 Å². The van der Waals surface area contributed by atoms with Crippen molar-refractivity contribution in [2.24, 2.45) is 5.73 Å². The van der Waals surface area contributed by atoms with Gasteiger partial charge in [0, 0.05) is 23.2 Å². The second kappa shape index (κ2) is 6.40. The van der Waals surface area contributed by atoms with E-state index in [1.807, 2.05) is 12.1 Å². The van der Waals surface area contributed by atoms with Crippen LogP contribution in [-0.2, 0) is 6.54 Å². The van der Waals surface area contributed by atoms with Crippen molar-refractivity contribution in [3.63, 3.8) is 0 Å². The fourth-order valence-corrected chi connectivity index (χ4v) is 2.49. The van der Waals surface area contributed by atoms with Crippen molar-refractivity contribution >= 4 is 17.4 Å². The maximum Gasteiger partial charge on any atom is 0.122 e. The number of hydrogen-bond donors (Lipinski definition) is 2. The van der Waals surface area contributed by atoms with E-state index >= 15 is 0 Å². The van der Waals surface area contributed by atoms with Gasteiger partial charge in [0.25, 0.3) is 0 Å². The third-order valence-electron chi connectivity index (χ3n) is 3.60. The van der Waals surface area contributed by atoms with Crippen LogP contribution in [0.5, 0.6) is 0 Å². The third-order valence-corrected chi connectivity index (χ3v) is 3.95. The summed E-state index contributed by atoms with van der Waals surface area (Å²) in [6.07, 6.45) is 5.08. The predicted molar refractivity (Wildman–Crippen MR) is 80.8 cm³/mol. The van der Waals surface area contributed by atoms with E-state index in [1.54, 1.807) is 6.07 Å². The van der Waals surface area contributed by atoms with Crippen LogP contribution < -0.4 is 5.73 Å². The second-order valence-corrected chi connectivity index (χ2v) is 5.68. The Morgan fingerprint density at radius 3 is 2.74 bits per heavy atom. The van der Waals surface area contributed by atoms with Gasteiger partial charge >= 0.3 is 0 Å². The van der Waals surface area contributed by atoms with Gasteiger partial charge in [-0.05, 0) is 37.4 Å². The molecule has 0 heterocycles. The smallest absolute Gasteiger partial charge is 0.122 e. The van der Waals surface area contributed by atoms with Crippen LogP contribution in [0.25, 0.3) is 0 Å². The molecule has 0 spiro atoms. The summed E-state index contributed by atoms with van der Waals surface area (Å²) in [7, 11) is 0. The molecule has 0 aliphatic heterocycles. The number of unbranched alkanes of at least 4 members (excludes halogenated alkanes) is 1. The van der Waals surface area contributed by atoms with E-state index in [1.165, 1.54) is 25.7 Å². The Balaban J connectivity index is 2.06. The number of nitrogens with two attached hydrogens (primary N) is 1. The largest absolute Gasteiger partial charge is 0.384 e. The van der Waals surface area contributed by atoms with E-state index in [4.69, 9.17) is 22.7 Å². The monoisotopic (exact) mass is 279 g/mol. The molecule has 0 atom stereocenters. The molecule has 1 aliphatic carbocycles. The average Bonchev–Trinajstić information content (AvgIpc) is 3.20. The number of benzene rings is 1. The van der Waals surface area contributed by atoms with Gasteiger partial charge in [-0.2, -0.15) is 0 Å². The summed E-state index contributed by atoms with van der Waals surface area (Å²) in [5, 5.41) is 8.14. The van der Waals surface area contributed by atoms with Crippen molar-refractivity contribution in [1.29, 1.82) is 5.41 Å². The summed E-state index contributed by atoms with van der Waals surface area (Å²) in [6, 6.07) is 6.42. The normalized spacial score (nSPS) is 14.9. The SMILES string of the molecule is CCCCN(Cc1ccc(C(=N)N)cc1Cl)C1CC1. The topological polar surface area (TPSA) is 53.1 Å². The molecule has 1 aromatic carbocycles. The van der Waals surface area contributed by atoms with Crippen LogP contribution in [0, 0.1) is 5.41 Å². The van der Waals surface area contributed by atoms with Gasteiger partial charge in [0.1, 0.15) is 5.84 Å². The Bertz CT molecular complexity index is 455. The van der Waals surface area contributed by atoms with Gasteiger partial charge in [-0.25, -0.2) is 0 Å². The molecule has 1 aromatic rings. The number of nitrogens with zero attached hydrogens (tertiary/aromatic N) is 1. The second-order valence-electron chi connectivity index (χ2n) is 5.28. The van der Waals surface area contributed by atoms with Gasteiger partial charge in [-0.15, -0.1) is 0 Å². The number of nitrogen functional groups attached to an aromatic ring is 1. The van der Waals surface area contributed by atoms with E-state index in [9.17, 15) is 0 Å². The standard InChI is InChI=1S/C15H22ClN3/c1-2-3-8-19(13-6-7-13)10-12-5-4-11(15(17)18)9-14(12)16/h4-5,9,13H,2-3,6-8,10H2,1H3,(H3,17,18). The number of nitrogens with one attached hydrogen (secondary N) is 1. The summed E-state index contributed by atoms with van der Waals surface area (Å²) in [5.41, 5.74) is 7.30. The lowest BCUT2D eigenvalue weighted by atomic mass is 10.1. The molecule has 0 amide bonds. The first kappa shape index (κ1) is 14.4. The number of rotatable bonds is 7.